The molecule has 0 aliphatic heterocycles. The van der Waals surface area contributed by atoms with E-state index < -0.39 is 34.1 Å². The SMILES string of the molecule is COCOC(COC(=O)c1ccccc1)[C@@H](CCCOS(=O)(=O)c1ccc(C)cc1)COC(=O)c1ccccc1. The van der Waals surface area contributed by atoms with Crippen LogP contribution in [0.5, 0.6) is 0 Å². The average Bonchev–Trinajstić information content (AvgIpc) is 2.98. The predicted molar refractivity (Wildman–Crippen MR) is 147 cm³/mol. The van der Waals surface area contributed by atoms with Crippen LogP contribution in [0.4, 0.5) is 0 Å². The Hall–Kier alpha value is -3.57. The van der Waals surface area contributed by atoms with Gasteiger partial charge in [-0.05, 0) is 56.2 Å². The zero-order valence-corrected chi connectivity index (χ0v) is 23.4. The summed E-state index contributed by atoms with van der Waals surface area (Å²) >= 11 is 0. The summed E-state index contributed by atoms with van der Waals surface area (Å²) in [5.41, 5.74) is 1.70. The van der Waals surface area contributed by atoms with Crippen molar-refractivity contribution in [3.05, 3.63) is 102 Å². The number of carbonyl (C=O) groups is 2. The summed E-state index contributed by atoms with van der Waals surface area (Å²) in [5.74, 6) is -1.51. The zero-order valence-electron chi connectivity index (χ0n) is 22.6. The summed E-state index contributed by atoms with van der Waals surface area (Å²) in [6, 6.07) is 23.4. The van der Waals surface area contributed by atoms with E-state index in [1.54, 1.807) is 72.8 Å². The van der Waals surface area contributed by atoms with Gasteiger partial charge in [-0.2, -0.15) is 8.42 Å². The molecule has 0 aliphatic carbocycles. The van der Waals surface area contributed by atoms with Gasteiger partial charge >= 0.3 is 11.9 Å². The minimum atomic E-state index is -3.93. The summed E-state index contributed by atoms with van der Waals surface area (Å²) in [6.45, 7) is 1.49. The summed E-state index contributed by atoms with van der Waals surface area (Å²) in [7, 11) is -2.47. The van der Waals surface area contributed by atoms with E-state index in [0.29, 0.717) is 24.0 Å². The predicted octanol–water partition coefficient (Wildman–Crippen LogP) is 4.80. The van der Waals surface area contributed by atoms with Crippen LogP contribution in [-0.4, -0.2) is 60.2 Å². The van der Waals surface area contributed by atoms with E-state index >= 15 is 0 Å². The minimum absolute atomic E-state index is 0.0598. The molecule has 214 valence electrons. The quantitative estimate of drug-likeness (QED) is 0.104. The molecular weight excluding hydrogens is 536 g/mol. The smallest absolute Gasteiger partial charge is 0.338 e. The lowest BCUT2D eigenvalue weighted by molar-refractivity contribution is -0.117. The van der Waals surface area contributed by atoms with Crippen LogP contribution in [0.3, 0.4) is 0 Å². The Bertz CT molecular complexity index is 1290. The van der Waals surface area contributed by atoms with Crippen molar-refractivity contribution in [2.75, 3.05) is 33.7 Å². The maximum absolute atomic E-state index is 12.6. The number of carbonyl (C=O) groups excluding carboxylic acids is 2. The van der Waals surface area contributed by atoms with Crippen LogP contribution in [-0.2, 0) is 33.2 Å². The molecule has 0 bridgehead atoms. The topological polar surface area (TPSA) is 114 Å². The van der Waals surface area contributed by atoms with E-state index in [1.807, 2.05) is 6.92 Å². The first-order valence-corrected chi connectivity index (χ1v) is 14.2. The van der Waals surface area contributed by atoms with Crippen molar-refractivity contribution in [3.63, 3.8) is 0 Å². The molecule has 2 atom stereocenters. The third-order valence-corrected chi connectivity index (χ3v) is 7.35. The average molecular weight is 571 g/mol. The minimum Gasteiger partial charge on any atom is -0.462 e. The van der Waals surface area contributed by atoms with E-state index in [4.69, 9.17) is 23.1 Å². The van der Waals surface area contributed by atoms with Gasteiger partial charge in [0.05, 0.1) is 29.2 Å². The number of hydrogen-bond acceptors (Lipinski definition) is 9. The second kappa shape index (κ2) is 15.9. The number of aryl methyl sites for hydroxylation is 1. The number of rotatable bonds is 16. The van der Waals surface area contributed by atoms with Crippen LogP contribution < -0.4 is 0 Å². The van der Waals surface area contributed by atoms with Crippen LogP contribution in [0.25, 0.3) is 0 Å². The lowest BCUT2D eigenvalue weighted by atomic mass is 9.98. The Balaban J connectivity index is 1.67. The number of benzene rings is 3. The summed E-state index contributed by atoms with van der Waals surface area (Å²) in [4.78, 5) is 25.2. The zero-order chi connectivity index (χ0) is 28.8. The van der Waals surface area contributed by atoms with Crippen molar-refractivity contribution in [2.24, 2.45) is 5.92 Å². The largest absolute Gasteiger partial charge is 0.462 e. The first kappa shape index (κ1) is 31.0. The number of hydrogen-bond donors (Lipinski definition) is 0. The molecule has 3 aromatic carbocycles. The molecule has 0 aromatic heterocycles. The molecule has 0 radical (unpaired) electrons. The number of methoxy groups -OCH3 is 1. The Morgan fingerprint density at radius 3 is 1.88 bits per heavy atom. The van der Waals surface area contributed by atoms with Crippen molar-refractivity contribution in [2.45, 2.75) is 30.8 Å². The Kier molecular flexibility index (Phi) is 12.3. The van der Waals surface area contributed by atoms with Gasteiger partial charge in [-0.3, -0.25) is 4.18 Å². The molecule has 0 aliphatic rings. The fourth-order valence-corrected chi connectivity index (χ4v) is 4.74. The van der Waals surface area contributed by atoms with Gasteiger partial charge in [0.15, 0.2) is 0 Å². The summed E-state index contributed by atoms with van der Waals surface area (Å²) < 4.78 is 52.3. The molecule has 40 heavy (non-hydrogen) atoms. The van der Waals surface area contributed by atoms with E-state index in [0.717, 1.165) is 5.56 Å². The van der Waals surface area contributed by atoms with Crippen LogP contribution in [0, 0.1) is 12.8 Å². The third-order valence-electron chi connectivity index (χ3n) is 6.02. The van der Waals surface area contributed by atoms with Crippen LogP contribution >= 0.6 is 0 Å². The monoisotopic (exact) mass is 570 g/mol. The molecular formula is C30H34O9S. The van der Waals surface area contributed by atoms with Crippen LogP contribution in [0.15, 0.2) is 89.8 Å². The van der Waals surface area contributed by atoms with Crippen molar-refractivity contribution < 1.29 is 41.1 Å². The molecule has 9 nitrogen and oxygen atoms in total. The molecule has 0 saturated heterocycles. The normalized spacial score (nSPS) is 12.8. The van der Waals surface area contributed by atoms with Crippen LogP contribution in [0.2, 0.25) is 0 Å². The Morgan fingerprint density at radius 2 is 1.32 bits per heavy atom. The fourth-order valence-electron chi connectivity index (χ4n) is 3.80. The van der Waals surface area contributed by atoms with Gasteiger partial charge in [0.1, 0.15) is 19.5 Å². The molecule has 0 N–H and O–H groups in total. The first-order valence-electron chi connectivity index (χ1n) is 12.8. The molecule has 0 amide bonds. The molecule has 0 spiro atoms. The van der Waals surface area contributed by atoms with E-state index in [1.165, 1.54) is 19.2 Å². The second-order valence-electron chi connectivity index (χ2n) is 9.03. The molecule has 0 saturated carbocycles. The summed E-state index contributed by atoms with van der Waals surface area (Å²) in [5, 5.41) is 0. The number of esters is 2. The lowest BCUT2D eigenvalue weighted by Gasteiger charge is -2.26. The van der Waals surface area contributed by atoms with E-state index in [9.17, 15) is 18.0 Å². The third kappa shape index (κ3) is 9.87. The highest BCUT2D eigenvalue weighted by molar-refractivity contribution is 7.86. The van der Waals surface area contributed by atoms with Gasteiger partial charge in [0.2, 0.25) is 0 Å². The summed E-state index contributed by atoms with van der Waals surface area (Å²) in [6.07, 6.45) is -0.0502. The van der Waals surface area contributed by atoms with Gasteiger partial charge in [-0.1, -0.05) is 54.1 Å². The Morgan fingerprint density at radius 1 is 0.775 bits per heavy atom. The maximum atomic E-state index is 12.6. The highest BCUT2D eigenvalue weighted by Crippen LogP contribution is 2.20. The molecule has 10 heteroatoms. The second-order valence-corrected chi connectivity index (χ2v) is 10.6. The van der Waals surface area contributed by atoms with Gasteiger partial charge in [0, 0.05) is 13.0 Å². The van der Waals surface area contributed by atoms with Gasteiger partial charge in [-0.25, -0.2) is 9.59 Å². The van der Waals surface area contributed by atoms with Gasteiger partial charge in [0.25, 0.3) is 10.1 Å². The van der Waals surface area contributed by atoms with Crippen molar-refractivity contribution in [3.8, 4) is 0 Å². The molecule has 1 unspecified atom stereocenters. The van der Waals surface area contributed by atoms with Crippen molar-refractivity contribution >= 4 is 22.1 Å². The van der Waals surface area contributed by atoms with Gasteiger partial charge in [-0.15, -0.1) is 0 Å². The molecule has 0 fully saturated rings. The first-order chi connectivity index (χ1) is 19.3. The number of ether oxygens (including phenoxy) is 4. The van der Waals surface area contributed by atoms with Gasteiger partial charge < -0.3 is 18.9 Å². The van der Waals surface area contributed by atoms with Crippen molar-refractivity contribution in [1.29, 1.82) is 0 Å². The van der Waals surface area contributed by atoms with E-state index in [2.05, 4.69) is 0 Å². The standard InChI is InChI=1S/C30H34O9S/c1-23-15-17-27(18-16-23)40(33,34)39-19-9-14-26(20-36-29(31)24-10-5-3-6-11-24)28(38-22-35-2)21-37-30(32)25-12-7-4-8-13-25/h3-8,10-13,15-18,26,28H,9,14,19-22H2,1-2H3/t26-,28?/m0/s1. The highest BCUT2D eigenvalue weighted by Gasteiger charge is 2.27. The highest BCUT2D eigenvalue weighted by atomic mass is 32.2. The molecule has 3 rings (SSSR count). The fraction of sp³-hybridized carbons (Fsp3) is 0.333. The van der Waals surface area contributed by atoms with Crippen molar-refractivity contribution in [1.82, 2.24) is 0 Å². The molecule has 0 heterocycles. The molecule has 3 aromatic rings. The van der Waals surface area contributed by atoms with E-state index in [-0.39, 0.29) is 31.5 Å². The Labute approximate surface area is 235 Å². The van der Waals surface area contributed by atoms with Crippen LogP contribution in [0.1, 0.15) is 39.1 Å². The maximum Gasteiger partial charge on any atom is 0.338 e. The lowest BCUT2D eigenvalue weighted by Crippen LogP contribution is -2.35.